The van der Waals surface area contributed by atoms with E-state index in [0.29, 0.717) is 13.2 Å². The SMILES string of the molecule is Cl.OCCC(F)(F)N1CCOCC1. The minimum absolute atomic E-state index is 0. The van der Waals surface area contributed by atoms with Crippen molar-refractivity contribution in [2.75, 3.05) is 32.9 Å². The first-order valence-electron chi connectivity index (χ1n) is 3.98. The largest absolute Gasteiger partial charge is 0.396 e. The Labute approximate surface area is 82.1 Å². The van der Waals surface area contributed by atoms with Gasteiger partial charge in [-0.25, -0.2) is 4.90 Å². The second kappa shape index (κ2) is 5.70. The van der Waals surface area contributed by atoms with E-state index in [0.717, 1.165) is 4.90 Å². The molecule has 1 saturated heterocycles. The van der Waals surface area contributed by atoms with Crippen molar-refractivity contribution in [1.82, 2.24) is 4.90 Å². The number of halogens is 3. The van der Waals surface area contributed by atoms with Gasteiger partial charge in [0.05, 0.1) is 19.8 Å². The molecule has 0 spiro atoms. The summed E-state index contributed by atoms with van der Waals surface area (Å²) >= 11 is 0. The molecule has 1 aliphatic heterocycles. The highest BCUT2D eigenvalue weighted by Gasteiger charge is 2.36. The first kappa shape index (κ1) is 13.0. The van der Waals surface area contributed by atoms with Gasteiger partial charge >= 0.3 is 6.05 Å². The lowest BCUT2D eigenvalue weighted by Gasteiger charge is -2.33. The molecule has 0 aromatic heterocycles. The average Bonchev–Trinajstić information content (AvgIpc) is 2.06. The van der Waals surface area contributed by atoms with E-state index in [2.05, 4.69) is 0 Å². The van der Waals surface area contributed by atoms with Crippen molar-refractivity contribution in [3.8, 4) is 0 Å². The van der Waals surface area contributed by atoms with Crippen molar-refractivity contribution in [3.63, 3.8) is 0 Å². The van der Waals surface area contributed by atoms with E-state index in [4.69, 9.17) is 9.84 Å². The van der Waals surface area contributed by atoms with Crippen molar-refractivity contribution in [2.45, 2.75) is 12.5 Å². The molecule has 1 fully saturated rings. The fourth-order valence-electron chi connectivity index (χ4n) is 1.18. The van der Waals surface area contributed by atoms with Crippen molar-refractivity contribution in [2.24, 2.45) is 0 Å². The van der Waals surface area contributed by atoms with Crippen LogP contribution in [0.15, 0.2) is 0 Å². The van der Waals surface area contributed by atoms with E-state index in [1.807, 2.05) is 0 Å². The van der Waals surface area contributed by atoms with Crippen molar-refractivity contribution >= 4 is 12.4 Å². The number of morpholine rings is 1. The second-order valence-corrected chi connectivity index (χ2v) is 2.74. The summed E-state index contributed by atoms with van der Waals surface area (Å²) in [5.41, 5.74) is 0. The van der Waals surface area contributed by atoms with E-state index in [9.17, 15) is 8.78 Å². The molecule has 0 aromatic carbocycles. The van der Waals surface area contributed by atoms with Crippen LogP contribution >= 0.6 is 12.4 Å². The minimum atomic E-state index is -2.88. The van der Waals surface area contributed by atoms with Gasteiger partial charge in [0.2, 0.25) is 0 Å². The Bertz CT molecular complexity index is 142. The Balaban J connectivity index is 0.00000144. The quantitative estimate of drug-likeness (QED) is 0.707. The number of rotatable bonds is 3. The van der Waals surface area contributed by atoms with E-state index in [1.165, 1.54) is 0 Å². The van der Waals surface area contributed by atoms with Crippen LogP contribution < -0.4 is 0 Å². The molecular formula is C7H14ClF2NO2. The molecule has 1 N–H and O–H groups in total. The van der Waals surface area contributed by atoms with Gasteiger partial charge in [0, 0.05) is 19.5 Å². The van der Waals surface area contributed by atoms with E-state index in [-0.39, 0.29) is 25.5 Å². The van der Waals surface area contributed by atoms with Gasteiger partial charge in [-0.15, -0.1) is 12.4 Å². The topological polar surface area (TPSA) is 32.7 Å². The number of aliphatic hydroxyl groups is 1. The molecule has 0 amide bonds. The van der Waals surface area contributed by atoms with Crippen LogP contribution in [-0.2, 0) is 4.74 Å². The molecule has 0 unspecified atom stereocenters. The maximum Gasteiger partial charge on any atom is 0.307 e. The molecule has 1 rings (SSSR count). The normalized spacial score (nSPS) is 19.6. The van der Waals surface area contributed by atoms with Crippen LogP contribution in [0.2, 0.25) is 0 Å². The predicted molar refractivity (Wildman–Crippen MR) is 46.3 cm³/mol. The van der Waals surface area contributed by atoms with Gasteiger partial charge in [-0.1, -0.05) is 0 Å². The molecule has 3 nitrogen and oxygen atoms in total. The summed E-state index contributed by atoms with van der Waals surface area (Å²) in [6.07, 6.45) is -0.493. The van der Waals surface area contributed by atoms with Gasteiger partial charge < -0.3 is 9.84 Å². The summed E-state index contributed by atoms with van der Waals surface area (Å²) in [6, 6.07) is -2.88. The Morgan fingerprint density at radius 3 is 2.31 bits per heavy atom. The summed E-state index contributed by atoms with van der Waals surface area (Å²) in [6.45, 7) is 0.701. The van der Waals surface area contributed by atoms with Gasteiger partial charge in [-0.3, -0.25) is 0 Å². The maximum atomic E-state index is 13.0. The van der Waals surface area contributed by atoms with E-state index < -0.39 is 19.1 Å². The smallest absolute Gasteiger partial charge is 0.307 e. The highest BCUT2D eigenvalue weighted by molar-refractivity contribution is 5.85. The summed E-state index contributed by atoms with van der Waals surface area (Å²) in [4.78, 5) is 1.05. The van der Waals surface area contributed by atoms with Crippen LogP contribution in [0.4, 0.5) is 8.78 Å². The first-order chi connectivity index (χ1) is 5.67. The van der Waals surface area contributed by atoms with Crippen LogP contribution in [0.1, 0.15) is 6.42 Å². The molecule has 6 heteroatoms. The number of aliphatic hydroxyl groups excluding tert-OH is 1. The predicted octanol–water partition coefficient (Wildman–Crippen LogP) is 0.716. The third-order valence-electron chi connectivity index (χ3n) is 1.89. The average molecular weight is 218 g/mol. The second-order valence-electron chi connectivity index (χ2n) is 2.74. The van der Waals surface area contributed by atoms with Crippen LogP contribution in [0.3, 0.4) is 0 Å². The highest BCUT2D eigenvalue weighted by Crippen LogP contribution is 2.23. The summed E-state index contributed by atoms with van der Waals surface area (Å²) in [5, 5.41) is 8.39. The van der Waals surface area contributed by atoms with Crippen molar-refractivity contribution in [3.05, 3.63) is 0 Å². The van der Waals surface area contributed by atoms with Crippen molar-refractivity contribution in [1.29, 1.82) is 0 Å². The Kier molecular flexibility index (Phi) is 5.71. The van der Waals surface area contributed by atoms with Gasteiger partial charge in [-0.2, -0.15) is 8.78 Å². The Hall–Kier alpha value is 0.0300. The molecule has 0 saturated carbocycles. The summed E-state index contributed by atoms with van der Waals surface area (Å²) < 4.78 is 31.0. The fourth-order valence-corrected chi connectivity index (χ4v) is 1.18. The number of hydrogen-bond donors (Lipinski definition) is 1. The molecule has 0 radical (unpaired) electrons. The zero-order valence-corrected chi connectivity index (χ0v) is 8.03. The van der Waals surface area contributed by atoms with Crippen molar-refractivity contribution < 1.29 is 18.6 Å². The molecule has 0 atom stereocenters. The molecule has 1 aliphatic rings. The third-order valence-corrected chi connectivity index (χ3v) is 1.89. The lowest BCUT2D eigenvalue weighted by Crippen LogP contribution is -2.48. The molecule has 0 bridgehead atoms. The molecule has 80 valence electrons. The Morgan fingerprint density at radius 1 is 1.31 bits per heavy atom. The Morgan fingerprint density at radius 2 is 1.85 bits per heavy atom. The van der Waals surface area contributed by atoms with Crippen LogP contribution in [0.5, 0.6) is 0 Å². The van der Waals surface area contributed by atoms with E-state index >= 15 is 0 Å². The van der Waals surface area contributed by atoms with Gasteiger partial charge in [-0.05, 0) is 0 Å². The van der Waals surface area contributed by atoms with Crippen LogP contribution in [0.25, 0.3) is 0 Å². The molecular weight excluding hydrogens is 204 g/mol. The maximum absolute atomic E-state index is 13.0. The number of alkyl halides is 2. The highest BCUT2D eigenvalue weighted by atomic mass is 35.5. The minimum Gasteiger partial charge on any atom is -0.396 e. The van der Waals surface area contributed by atoms with E-state index in [1.54, 1.807) is 0 Å². The standard InChI is InChI=1S/C7H13F2NO2.ClH/c8-7(9,1-4-11)10-2-5-12-6-3-10;/h11H,1-6H2;1H. The van der Waals surface area contributed by atoms with Crippen LogP contribution in [0, 0.1) is 0 Å². The number of ether oxygens (including phenoxy) is 1. The zero-order chi connectivity index (χ0) is 9.03. The lowest BCUT2D eigenvalue weighted by atomic mass is 10.3. The van der Waals surface area contributed by atoms with Gasteiger partial charge in [0.25, 0.3) is 0 Å². The van der Waals surface area contributed by atoms with Crippen LogP contribution in [-0.4, -0.2) is 49.0 Å². The molecule has 1 heterocycles. The fraction of sp³-hybridized carbons (Fsp3) is 1.00. The third kappa shape index (κ3) is 3.72. The number of hydrogen-bond acceptors (Lipinski definition) is 3. The van der Waals surface area contributed by atoms with Gasteiger partial charge in [0.15, 0.2) is 0 Å². The monoisotopic (exact) mass is 217 g/mol. The molecule has 0 aromatic rings. The molecule has 13 heavy (non-hydrogen) atoms. The summed E-state index contributed by atoms with van der Waals surface area (Å²) in [7, 11) is 0. The summed E-state index contributed by atoms with van der Waals surface area (Å²) in [5.74, 6) is 0. The zero-order valence-electron chi connectivity index (χ0n) is 7.21. The number of nitrogens with zero attached hydrogens (tertiary/aromatic N) is 1. The first-order valence-corrected chi connectivity index (χ1v) is 3.98. The molecule has 0 aliphatic carbocycles. The van der Waals surface area contributed by atoms with Gasteiger partial charge in [0.1, 0.15) is 0 Å². The lowest BCUT2D eigenvalue weighted by molar-refractivity contribution is -0.180.